The van der Waals surface area contributed by atoms with Gasteiger partial charge < -0.3 is 9.47 Å². The third-order valence-corrected chi connectivity index (χ3v) is 4.39. The molecule has 6 heteroatoms. The van der Waals surface area contributed by atoms with Gasteiger partial charge >= 0.3 is 5.97 Å². The fourth-order valence-electron chi connectivity index (χ4n) is 1.97. The molecule has 0 radical (unpaired) electrons. The summed E-state index contributed by atoms with van der Waals surface area (Å²) in [7, 11) is 0. The van der Waals surface area contributed by atoms with E-state index < -0.39 is 0 Å². The molecular formula is C14H22N2O3S. The van der Waals surface area contributed by atoms with Crippen LogP contribution in [-0.2, 0) is 20.9 Å². The first-order valence-corrected chi connectivity index (χ1v) is 7.83. The average Bonchev–Trinajstić information content (AvgIpc) is 2.93. The van der Waals surface area contributed by atoms with Crippen LogP contribution < -0.4 is 0 Å². The van der Waals surface area contributed by atoms with Gasteiger partial charge in [0.1, 0.15) is 6.61 Å². The van der Waals surface area contributed by atoms with Crippen molar-refractivity contribution in [2.24, 2.45) is 0 Å². The van der Waals surface area contributed by atoms with Gasteiger partial charge in [0, 0.05) is 24.5 Å². The molecule has 0 bridgehead atoms. The Morgan fingerprint density at radius 2 is 2.25 bits per heavy atom. The van der Waals surface area contributed by atoms with Crippen molar-refractivity contribution in [3.63, 3.8) is 0 Å². The van der Waals surface area contributed by atoms with Crippen LogP contribution in [0.1, 0.15) is 36.8 Å². The largest absolute Gasteiger partial charge is 0.459 e. The van der Waals surface area contributed by atoms with Gasteiger partial charge in [-0.25, -0.2) is 0 Å². The standard InChI is InChI=1S/C14H22N2O3S/c1-11(2)13-9-12(15-20-13)10-19-14(17)3-4-16-5-7-18-8-6-16/h9,11H,3-8,10H2,1-2H3. The molecule has 1 saturated heterocycles. The van der Waals surface area contributed by atoms with Crippen LogP contribution in [0.15, 0.2) is 6.07 Å². The van der Waals surface area contributed by atoms with Crippen LogP contribution in [0.3, 0.4) is 0 Å². The molecule has 1 aromatic rings. The summed E-state index contributed by atoms with van der Waals surface area (Å²) in [5.74, 6) is 0.314. The summed E-state index contributed by atoms with van der Waals surface area (Å²) >= 11 is 1.48. The van der Waals surface area contributed by atoms with Crippen molar-refractivity contribution >= 4 is 17.5 Å². The number of hydrogen-bond acceptors (Lipinski definition) is 6. The van der Waals surface area contributed by atoms with Crippen LogP contribution in [0.2, 0.25) is 0 Å². The Bertz CT molecular complexity index is 428. The number of carbonyl (C=O) groups excluding carboxylic acids is 1. The van der Waals surface area contributed by atoms with Gasteiger partial charge in [-0.15, -0.1) is 0 Å². The van der Waals surface area contributed by atoms with Crippen molar-refractivity contribution in [2.45, 2.75) is 32.8 Å². The van der Waals surface area contributed by atoms with Crippen LogP contribution in [0.4, 0.5) is 0 Å². The molecule has 0 aromatic carbocycles. The lowest BCUT2D eigenvalue weighted by Gasteiger charge is -2.25. The van der Waals surface area contributed by atoms with E-state index in [-0.39, 0.29) is 12.6 Å². The molecule has 0 spiro atoms. The molecule has 1 fully saturated rings. The van der Waals surface area contributed by atoms with Gasteiger partial charge in [-0.2, -0.15) is 4.37 Å². The second kappa shape index (κ2) is 7.71. The fraction of sp³-hybridized carbons (Fsp3) is 0.714. The molecular weight excluding hydrogens is 276 g/mol. The highest BCUT2D eigenvalue weighted by molar-refractivity contribution is 7.05. The van der Waals surface area contributed by atoms with E-state index in [1.54, 1.807) is 0 Å². The maximum absolute atomic E-state index is 11.7. The minimum absolute atomic E-state index is 0.157. The third kappa shape index (κ3) is 4.85. The van der Waals surface area contributed by atoms with E-state index in [1.807, 2.05) is 6.07 Å². The van der Waals surface area contributed by atoms with Gasteiger partial charge in [-0.3, -0.25) is 9.69 Å². The molecule has 112 valence electrons. The lowest BCUT2D eigenvalue weighted by molar-refractivity contribution is -0.145. The van der Waals surface area contributed by atoms with Gasteiger partial charge in [0.2, 0.25) is 0 Å². The number of morpholine rings is 1. The smallest absolute Gasteiger partial charge is 0.307 e. The normalized spacial score (nSPS) is 16.6. The van der Waals surface area contributed by atoms with Crippen LogP contribution in [0.25, 0.3) is 0 Å². The minimum atomic E-state index is -0.157. The molecule has 0 atom stereocenters. The summed E-state index contributed by atoms with van der Waals surface area (Å²) < 4.78 is 14.8. The maximum atomic E-state index is 11.7. The average molecular weight is 298 g/mol. The Morgan fingerprint density at radius 3 is 2.90 bits per heavy atom. The molecule has 0 aliphatic carbocycles. The van der Waals surface area contributed by atoms with Crippen LogP contribution in [0.5, 0.6) is 0 Å². The lowest BCUT2D eigenvalue weighted by Crippen LogP contribution is -2.37. The molecule has 0 amide bonds. The zero-order valence-corrected chi connectivity index (χ0v) is 12.9. The predicted molar refractivity (Wildman–Crippen MR) is 77.9 cm³/mol. The summed E-state index contributed by atoms with van der Waals surface area (Å²) in [4.78, 5) is 15.1. The van der Waals surface area contributed by atoms with Gasteiger partial charge in [0.05, 0.1) is 25.3 Å². The van der Waals surface area contributed by atoms with Gasteiger partial charge in [-0.1, -0.05) is 13.8 Å². The highest BCUT2D eigenvalue weighted by Crippen LogP contribution is 2.20. The number of carbonyl (C=O) groups is 1. The quantitative estimate of drug-likeness (QED) is 0.752. The number of esters is 1. The summed E-state index contributed by atoms with van der Waals surface area (Å²) in [6, 6.07) is 2.02. The molecule has 2 rings (SSSR count). The monoisotopic (exact) mass is 298 g/mol. The van der Waals surface area contributed by atoms with Crippen LogP contribution in [0, 0.1) is 0 Å². The van der Waals surface area contributed by atoms with E-state index in [9.17, 15) is 4.79 Å². The molecule has 5 nitrogen and oxygen atoms in total. The molecule has 20 heavy (non-hydrogen) atoms. The number of nitrogens with zero attached hydrogens (tertiary/aromatic N) is 2. The van der Waals surface area contributed by atoms with Crippen LogP contribution in [-0.4, -0.2) is 48.1 Å². The summed E-state index contributed by atoms with van der Waals surface area (Å²) in [5, 5.41) is 0. The Balaban J connectivity index is 1.66. The van der Waals surface area contributed by atoms with Crippen molar-refractivity contribution < 1.29 is 14.3 Å². The second-order valence-electron chi connectivity index (χ2n) is 5.24. The Kier molecular flexibility index (Phi) is 5.94. The van der Waals surface area contributed by atoms with Crippen molar-refractivity contribution in [2.75, 3.05) is 32.8 Å². The van der Waals surface area contributed by atoms with Crippen molar-refractivity contribution in [3.8, 4) is 0 Å². The van der Waals surface area contributed by atoms with Crippen molar-refractivity contribution in [3.05, 3.63) is 16.6 Å². The van der Waals surface area contributed by atoms with E-state index in [0.29, 0.717) is 12.3 Å². The fourth-order valence-corrected chi connectivity index (χ4v) is 2.70. The molecule has 1 aromatic heterocycles. The van der Waals surface area contributed by atoms with E-state index in [0.717, 1.165) is 38.5 Å². The molecule has 1 aliphatic heterocycles. The van der Waals surface area contributed by atoms with Crippen LogP contribution >= 0.6 is 11.5 Å². The number of aromatic nitrogens is 1. The third-order valence-electron chi connectivity index (χ3n) is 3.26. The first-order valence-electron chi connectivity index (χ1n) is 7.06. The molecule has 0 saturated carbocycles. The zero-order chi connectivity index (χ0) is 14.4. The molecule has 1 aliphatic rings. The Morgan fingerprint density at radius 1 is 1.50 bits per heavy atom. The number of ether oxygens (including phenoxy) is 2. The molecule has 0 N–H and O–H groups in total. The Hall–Kier alpha value is -0.980. The lowest BCUT2D eigenvalue weighted by atomic mass is 10.2. The first kappa shape index (κ1) is 15.4. The maximum Gasteiger partial charge on any atom is 0.307 e. The zero-order valence-electron chi connectivity index (χ0n) is 12.1. The van der Waals surface area contributed by atoms with Crippen molar-refractivity contribution in [1.29, 1.82) is 0 Å². The summed E-state index contributed by atoms with van der Waals surface area (Å²) in [5.41, 5.74) is 0.846. The van der Waals surface area contributed by atoms with Crippen molar-refractivity contribution in [1.82, 2.24) is 9.27 Å². The second-order valence-corrected chi connectivity index (χ2v) is 6.08. The van der Waals surface area contributed by atoms with Gasteiger partial charge in [0.15, 0.2) is 0 Å². The summed E-state index contributed by atoms with van der Waals surface area (Å²) in [6.45, 7) is 8.60. The van der Waals surface area contributed by atoms with E-state index in [4.69, 9.17) is 9.47 Å². The highest BCUT2D eigenvalue weighted by Gasteiger charge is 2.13. The predicted octanol–water partition coefficient (Wildman–Crippen LogP) is 2.03. The molecule has 2 heterocycles. The Labute approximate surface area is 124 Å². The van der Waals surface area contributed by atoms with E-state index >= 15 is 0 Å². The number of rotatable bonds is 6. The first-order chi connectivity index (χ1) is 9.65. The summed E-state index contributed by atoms with van der Waals surface area (Å²) in [6.07, 6.45) is 0.432. The highest BCUT2D eigenvalue weighted by atomic mass is 32.1. The van der Waals surface area contributed by atoms with E-state index in [1.165, 1.54) is 16.4 Å². The van der Waals surface area contributed by atoms with Gasteiger partial charge in [-0.05, 0) is 23.5 Å². The molecule has 0 unspecified atom stereocenters. The number of hydrogen-bond donors (Lipinski definition) is 0. The van der Waals surface area contributed by atoms with Gasteiger partial charge in [0.25, 0.3) is 0 Å². The minimum Gasteiger partial charge on any atom is -0.459 e. The SMILES string of the molecule is CC(C)c1cc(COC(=O)CCN2CCOCC2)ns1. The topological polar surface area (TPSA) is 51.7 Å². The van der Waals surface area contributed by atoms with E-state index in [2.05, 4.69) is 23.1 Å².